The van der Waals surface area contributed by atoms with Crippen molar-refractivity contribution in [1.82, 2.24) is 0 Å². The summed E-state index contributed by atoms with van der Waals surface area (Å²) in [4.78, 5) is 13.7. The van der Waals surface area contributed by atoms with Crippen LogP contribution >= 0.6 is 0 Å². The van der Waals surface area contributed by atoms with Gasteiger partial charge in [-0.05, 0) is 19.1 Å². The molecule has 0 spiro atoms. The number of phenolic OH excluding ortho intramolecular Hbond substituents is 1. The molecule has 0 aromatic heterocycles. The van der Waals surface area contributed by atoms with E-state index in [9.17, 15) is 15.2 Å². The lowest BCUT2D eigenvalue weighted by Gasteiger charge is -2.06. The van der Waals surface area contributed by atoms with Crippen LogP contribution in [-0.2, 0) is 4.74 Å². The molecule has 0 unspecified atom stereocenters. The molecule has 86 valence electrons. The van der Waals surface area contributed by atoms with E-state index >= 15 is 0 Å². The van der Waals surface area contributed by atoms with E-state index in [2.05, 4.69) is 4.99 Å². The Morgan fingerprint density at radius 2 is 2.31 bits per heavy atom. The number of aliphatic imine (C=N–C) groups is 1. The van der Waals surface area contributed by atoms with Crippen molar-refractivity contribution in [3.8, 4) is 5.75 Å². The standard InChI is InChI=1S/C10H12N2O4/c1-3-16-10(11-2)7-4-5-8(12(14)15)9(13)6-7/h4-6,13H,3H2,1-2H3/b11-10+. The van der Waals surface area contributed by atoms with E-state index in [0.29, 0.717) is 18.1 Å². The van der Waals surface area contributed by atoms with Gasteiger partial charge in [0.2, 0.25) is 5.90 Å². The van der Waals surface area contributed by atoms with Crippen LogP contribution in [0.3, 0.4) is 0 Å². The Kier molecular flexibility index (Phi) is 3.82. The van der Waals surface area contributed by atoms with Gasteiger partial charge in [-0.2, -0.15) is 0 Å². The van der Waals surface area contributed by atoms with Crippen LogP contribution < -0.4 is 0 Å². The SMILES string of the molecule is CCO/C(=N/C)c1ccc([N+](=O)[O-])c(O)c1. The van der Waals surface area contributed by atoms with Gasteiger partial charge in [-0.3, -0.25) is 15.1 Å². The second-order valence-electron chi connectivity index (χ2n) is 2.92. The lowest BCUT2D eigenvalue weighted by atomic mass is 10.2. The van der Waals surface area contributed by atoms with Gasteiger partial charge in [-0.25, -0.2) is 0 Å². The quantitative estimate of drug-likeness (QED) is 0.366. The van der Waals surface area contributed by atoms with Crippen LogP contribution in [-0.4, -0.2) is 29.6 Å². The third-order valence-electron chi connectivity index (χ3n) is 1.90. The lowest BCUT2D eigenvalue weighted by molar-refractivity contribution is -0.385. The number of hydrogen-bond donors (Lipinski definition) is 1. The molecule has 0 bridgehead atoms. The molecule has 0 saturated carbocycles. The zero-order valence-corrected chi connectivity index (χ0v) is 9.01. The van der Waals surface area contributed by atoms with Crippen molar-refractivity contribution in [2.45, 2.75) is 6.92 Å². The molecule has 0 aliphatic rings. The maximum absolute atomic E-state index is 10.5. The molecule has 0 atom stereocenters. The van der Waals surface area contributed by atoms with E-state index in [-0.39, 0.29) is 5.69 Å². The number of rotatable bonds is 3. The lowest BCUT2D eigenvalue weighted by Crippen LogP contribution is -2.06. The molecule has 0 fully saturated rings. The first-order valence-electron chi connectivity index (χ1n) is 4.67. The van der Waals surface area contributed by atoms with Gasteiger partial charge in [0.25, 0.3) is 0 Å². The molecule has 6 heteroatoms. The smallest absolute Gasteiger partial charge is 0.310 e. The molecule has 1 N–H and O–H groups in total. The van der Waals surface area contributed by atoms with Gasteiger partial charge in [-0.15, -0.1) is 0 Å². The maximum atomic E-state index is 10.5. The second-order valence-corrected chi connectivity index (χ2v) is 2.92. The number of benzene rings is 1. The minimum atomic E-state index is -0.650. The fourth-order valence-electron chi connectivity index (χ4n) is 1.22. The number of ether oxygens (including phenoxy) is 1. The Bertz CT molecular complexity index is 429. The molecule has 0 heterocycles. The van der Waals surface area contributed by atoms with Crippen LogP contribution in [0.5, 0.6) is 5.75 Å². The molecule has 0 saturated heterocycles. The summed E-state index contributed by atoms with van der Waals surface area (Å²) < 4.78 is 5.20. The van der Waals surface area contributed by atoms with Crippen molar-refractivity contribution in [3.63, 3.8) is 0 Å². The van der Waals surface area contributed by atoms with E-state index in [1.54, 1.807) is 14.0 Å². The largest absolute Gasteiger partial charge is 0.502 e. The van der Waals surface area contributed by atoms with Gasteiger partial charge in [0.15, 0.2) is 5.75 Å². The van der Waals surface area contributed by atoms with Crippen LogP contribution in [0.2, 0.25) is 0 Å². The Morgan fingerprint density at radius 1 is 1.62 bits per heavy atom. The number of aromatic hydroxyl groups is 1. The third-order valence-corrected chi connectivity index (χ3v) is 1.90. The molecular weight excluding hydrogens is 212 g/mol. The van der Waals surface area contributed by atoms with Crippen molar-refractivity contribution >= 4 is 11.6 Å². The Morgan fingerprint density at radius 3 is 2.75 bits per heavy atom. The number of nitrogens with zero attached hydrogens (tertiary/aromatic N) is 2. The minimum Gasteiger partial charge on any atom is -0.502 e. The zero-order valence-electron chi connectivity index (χ0n) is 9.01. The normalized spacial score (nSPS) is 11.2. The highest BCUT2D eigenvalue weighted by atomic mass is 16.6. The van der Waals surface area contributed by atoms with Crippen molar-refractivity contribution in [1.29, 1.82) is 0 Å². The highest BCUT2D eigenvalue weighted by Crippen LogP contribution is 2.26. The Labute approximate surface area is 92.3 Å². The topological polar surface area (TPSA) is 85.0 Å². The van der Waals surface area contributed by atoms with Crippen molar-refractivity contribution in [2.24, 2.45) is 4.99 Å². The third kappa shape index (κ3) is 2.47. The fourth-order valence-corrected chi connectivity index (χ4v) is 1.22. The van der Waals surface area contributed by atoms with E-state index < -0.39 is 10.7 Å². The first-order chi connectivity index (χ1) is 7.60. The summed E-state index contributed by atoms with van der Waals surface area (Å²) in [5.41, 5.74) is 0.170. The molecule has 6 nitrogen and oxygen atoms in total. The van der Waals surface area contributed by atoms with E-state index in [1.807, 2.05) is 0 Å². The summed E-state index contributed by atoms with van der Waals surface area (Å²) in [7, 11) is 1.55. The van der Waals surface area contributed by atoms with Gasteiger partial charge < -0.3 is 9.84 Å². The molecule has 1 aromatic carbocycles. The fraction of sp³-hybridized carbons (Fsp3) is 0.300. The molecule has 1 aromatic rings. The van der Waals surface area contributed by atoms with Crippen LogP contribution in [0.25, 0.3) is 0 Å². The Hall–Kier alpha value is -2.11. The van der Waals surface area contributed by atoms with Gasteiger partial charge in [0, 0.05) is 18.7 Å². The van der Waals surface area contributed by atoms with E-state index in [4.69, 9.17) is 4.74 Å². The van der Waals surface area contributed by atoms with Gasteiger partial charge >= 0.3 is 5.69 Å². The molecular formula is C10H12N2O4. The van der Waals surface area contributed by atoms with Crippen LogP contribution in [0.1, 0.15) is 12.5 Å². The zero-order chi connectivity index (χ0) is 12.1. The van der Waals surface area contributed by atoms with Gasteiger partial charge in [0.1, 0.15) is 0 Å². The van der Waals surface area contributed by atoms with Crippen molar-refractivity contribution in [2.75, 3.05) is 13.7 Å². The number of nitro groups is 1. The molecule has 0 aliphatic heterocycles. The van der Waals surface area contributed by atoms with Crippen LogP contribution in [0, 0.1) is 10.1 Å². The predicted octanol–water partition coefficient (Wildman–Crippen LogP) is 1.71. The van der Waals surface area contributed by atoms with Crippen LogP contribution in [0.15, 0.2) is 23.2 Å². The average Bonchev–Trinajstić information content (AvgIpc) is 2.25. The Balaban J connectivity index is 3.09. The highest BCUT2D eigenvalue weighted by molar-refractivity contribution is 5.94. The van der Waals surface area contributed by atoms with Gasteiger partial charge in [-0.1, -0.05) is 0 Å². The highest BCUT2D eigenvalue weighted by Gasteiger charge is 2.15. The minimum absolute atomic E-state index is 0.337. The molecule has 1 rings (SSSR count). The van der Waals surface area contributed by atoms with E-state index in [1.165, 1.54) is 18.2 Å². The predicted molar refractivity (Wildman–Crippen MR) is 58.8 cm³/mol. The average molecular weight is 224 g/mol. The monoisotopic (exact) mass is 224 g/mol. The molecule has 0 radical (unpaired) electrons. The summed E-state index contributed by atoms with van der Waals surface area (Å²) >= 11 is 0. The molecule has 16 heavy (non-hydrogen) atoms. The molecule has 0 amide bonds. The summed E-state index contributed by atoms with van der Waals surface area (Å²) in [6.07, 6.45) is 0. The number of nitro benzene ring substituents is 1. The van der Waals surface area contributed by atoms with Crippen molar-refractivity contribution in [3.05, 3.63) is 33.9 Å². The van der Waals surface area contributed by atoms with E-state index in [0.717, 1.165) is 0 Å². The first kappa shape index (κ1) is 12.0. The second kappa shape index (κ2) is 5.11. The number of phenols is 1. The first-order valence-corrected chi connectivity index (χ1v) is 4.67. The summed E-state index contributed by atoms with van der Waals surface area (Å²) in [5.74, 6) is -0.0592. The van der Waals surface area contributed by atoms with Crippen LogP contribution in [0.4, 0.5) is 5.69 Å². The summed E-state index contributed by atoms with van der Waals surface area (Å²) in [5, 5.41) is 19.9. The summed E-state index contributed by atoms with van der Waals surface area (Å²) in [6, 6.07) is 3.96. The number of hydrogen-bond acceptors (Lipinski definition) is 5. The van der Waals surface area contributed by atoms with Crippen molar-refractivity contribution < 1.29 is 14.8 Å². The maximum Gasteiger partial charge on any atom is 0.310 e. The summed E-state index contributed by atoms with van der Waals surface area (Å²) in [6.45, 7) is 2.24. The molecule has 0 aliphatic carbocycles. The van der Waals surface area contributed by atoms with Gasteiger partial charge in [0.05, 0.1) is 11.5 Å².